The van der Waals surface area contributed by atoms with E-state index in [0.717, 1.165) is 18.4 Å². The number of rotatable bonds is 3. The van der Waals surface area contributed by atoms with Crippen LogP contribution in [0.3, 0.4) is 0 Å². The number of nitrogens with zero attached hydrogens (tertiary/aromatic N) is 2. The number of halogens is 1. The van der Waals surface area contributed by atoms with Crippen LogP contribution in [-0.2, 0) is 9.59 Å². The minimum atomic E-state index is -0.0753. The molecule has 130 valence electrons. The molecule has 1 aliphatic carbocycles. The van der Waals surface area contributed by atoms with Crippen LogP contribution < -0.4 is 0 Å². The van der Waals surface area contributed by atoms with Crippen molar-refractivity contribution in [1.29, 1.82) is 0 Å². The highest BCUT2D eigenvalue weighted by Gasteiger charge is 2.35. The Kier molecular flexibility index (Phi) is 5.44. The fourth-order valence-corrected chi connectivity index (χ4v) is 4.14. The number of hydrogen-bond acceptors (Lipinski definition) is 2. The minimum Gasteiger partial charge on any atom is -0.339 e. The number of hydrogen-bond donors (Lipinski definition) is 0. The first kappa shape index (κ1) is 17.3. The molecule has 0 aromatic heterocycles. The van der Waals surface area contributed by atoms with Crippen molar-refractivity contribution in [3.8, 4) is 0 Å². The van der Waals surface area contributed by atoms with Crippen LogP contribution in [0.5, 0.6) is 0 Å². The zero-order chi connectivity index (χ0) is 17.1. The lowest BCUT2D eigenvalue weighted by molar-refractivity contribution is -0.140. The predicted molar refractivity (Wildman–Crippen MR) is 95.0 cm³/mol. The van der Waals surface area contributed by atoms with Crippen LogP contribution in [0.1, 0.15) is 44.1 Å². The van der Waals surface area contributed by atoms with Gasteiger partial charge in [-0.25, -0.2) is 0 Å². The van der Waals surface area contributed by atoms with Crippen LogP contribution in [-0.4, -0.2) is 47.8 Å². The van der Waals surface area contributed by atoms with E-state index in [4.69, 9.17) is 11.6 Å². The van der Waals surface area contributed by atoms with Crippen molar-refractivity contribution in [3.05, 3.63) is 34.9 Å². The van der Waals surface area contributed by atoms with Gasteiger partial charge < -0.3 is 9.80 Å². The van der Waals surface area contributed by atoms with Crippen LogP contribution in [0, 0.1) is 5.92 Å². The van der Waals surface area contributed by atoms with Crippen LogP contribution in [0.25, 0.3) is 0 Å². The standard InChI is InChI=1S/C19H25ClN2O2/c1-14(23)21-10-12-22(13-11-21)19(24)18(15-4-2-3-5-15)16-6-8-17(20)9-7-16/h6-9,15,18H,2-5,10-13H2,1H3. The number of piperazine rings is 1. The Labute approximate surface area is 148 Å². The van der Waals surface area contributed by atoms with E-state index in [0.29, 0.717) is 37.1 Å². The summed E-state index contributed by atoms with van der Waals surface area (Å²) < 4.78 is 0. The van der Waals surface area contributed by atoms with E-state index in [2.05, 4.69) is 0 Å². The van der Waals surface area contributed by atoms with E-state index >= 15 is 0 Å². The maximum Gasteiger partial charge on any atom is 0.230 e. The highest BCUT2D eigenvalue weighted by Crippen LogP contribution is 2.39. The molecule has 1 heterocycles. The number of benzene rings is 1. The first-order chi connectivity index (χ1) is 11.6. The van der Waals surface area contributed by atoms with Gasteiger partial charge in [-0.05, 0) is 36.5 Å². The van der Waals surface area contributed by atoms with Gasteiger partial charge in [-0.2, -0.15) is 0 Å². The van der Waals surface area contributed by atoms with E-state index in [9.17, 15) is 9.59 Å². The van der Waals surface area contributed by atoms with E-state index < -0.39 is 0 Å². The minimum absolute atomic E-state index is 0.0753. The molecule has 1 atom stereocenters. The van der Waals surface area contributed by atoms with Gasteiger partial charge in [0, 0.05) is 38.1 Å². The molecule has 0 N–H and O–H groups in total. The smallest absolute Gasteiger partial charge is 0.230 e. The van der Waals surface area contributed by atoms with E-state index in [-0.39, 0.29) is 17.7 Å². The molecule has 24 heavy (non-hydrogen) atoms. The average Bonchev–Trinajstić information content (AvgIpc) is 3.11. The molecule has 1 aromatic rings. The Bertz CT molecular complexity index is 588. The Balaban J connectivity index is 1.76. The summed E-state index contributed by atoms with van der Waals surface area (Å²) in [6, 6.07) is 7.74. The van der Waals surface area contributed by atoms with E-state index in [1.165, 1.54) is 12.8 Å². The molecule has 0 radical (unpaired) electrons. The number of carbonyl (C=O) groups excluding carboxylic acids is 2. The fourth-order valence-electron chi connectivity index (χ4n) is 4.02. The van der Waals surface area contributed by atoms with Gasteiger partial charge in [-0.3, -0.25) is 9.59 Å². The van der Waals surface area contributed by atoms with Gasteiger partial charge in [-0.1, -0.05) is 36.6 Å². The molecule has 1 aromatic carbocycles. The van der Waals surface area contributed by atoms with Crippen molar-refractivity contribution >= 4 is 23.4 Å². The summed E-state index contributed by atoms with van der Waals surface area (Å²) in [6.45, 7) is 4.13. The van der Waals surface area contributed by atoms with Crippen molar-refractivity contribution in [2.75, 3.05) is 26.2 Å². The third-order valence-corrected chi connectivity index (χ3v) is 5.66. The van der Waals surface area contributed by atoms with Gasteiger partial charge >= 0.3 is 0 Å². The third kappa shape index (κ3) is 3.75. The molecule has 2 amide bonds. The van der Waals surface area contributed by atoms with Gasteiger partial charge in [0.2, 0.25) is 11.8 Å². The van der Waals surface area contributed by atoms with Gasteiger partial charge in [0.05, 0.1) is 5.92 Å². The predicted octanol–water partition coefficient (Wildman–Crippen LogP) is 3.30. The molecule has 0 bridgehead atoms. The topological polar surface area (TPSA) is 40.6 Å². The fraction of sp³-hybridized carbons (Fsp3) is 0.579. The zero-order valence-electron chi connectivity index (χ0n) is 14.2. The average molecular weight is 349 g/mol. The quantitative estimate of drug-likeness (QED) is 0.840. The van der Waals surface area contributed by atoms with Crippen molar-refractivity contribution in [2.24, 2.45) is 5.92 Å². The largest absolute Gasteiger partial charge is 0.339 e. The molecule has 5 heteroatoms. The van der Waals surface area contributed by atoms with Crippen molar-refractivity contribution in [3.63, 3.8) is 0 Å². The number of carbonyl (C=O) groups is 2. The lowest BCUT2D eigenvalue weighted by Crippen LogP contribution is -2.51. The summed E-state index contributed by atoms with van der Waals surface area (Å²) in [6.07, 6.45) is 4.65. The summed E-state index contributed by atoms with van der Waals surface area (Å²) in [4.78, 5) is 28.5. The molecule has 3 rings (SSSR count). The SMILES string of the molecule is CC(=O)N1CCN(C(=O)C(c2ccc(Cl)cc2)C2CCCC2)CC1. The van der Waals surface area contributed by atoms with Crippen LogP contribution >= 0.6 is 11.6 Å². The second kappa shape index (κ2) is 7.56. The molecule has 0 spiro atoms. The second-order valence-electron chi connectivity index (χ2n) is 6.91. The monoisotopic (exact) mass is 348 g/mol. The lowest BCUT2D eigenvalue weighted by atomic mass is 9.83. The van der Waals surface area contributed by atoms with Crippen molar-refractivity contribution < 1.29 is 9.59 Å². The lowest BCUT2D eigenvalue weighted by Gasteiger charge is -2.37. The second-order valence-corrected chi connectivity index (χ2v) is 7.34. The molecule has 1 saturated heterocycles. The summed E-state index contributed by atoms with van der Waals surface area (Å²) in [7, 11) is 0. The third-order valence-electron chi connectivity index (χ3n) is 5.40. The van der Waals surface area contributed by atoms with Crippen LogP contribution in [0.15, 0.2) is 24.3 Å². The summed E-state index contributed by atoms with van der Waals surface area (Å²) in [5.74, 6) is 0.651. The first-order valence-electron chi connectivity index (χ1n) is 8.86. The molecule has 1 unspecified atom stereocenters. The maximum absolute atomic E-state index is 13.2. The normalized spacial score (nSPS) is 20.2. The van der Waals surface area contributed by atoms with Gasteiger partial charge in [0.1, 0.15) is 0 Å². The Morgan fingerprint density at radius 3 is 2.08 bits per heavy atom. The highest BCUT2D eigenvalue weighted by atomic mass is 35.5. The number of amides is 2. The summed E-state index contributed by atoms with van der Waals surface area (Å²) in [5.41, 5.74) is 1.07. The Morgan fingerprint density at radius 2 is 1.54 bits per heavy atom. The van der Waals surface area contributed by atoms with Gasteiger partial charge in [0.15, 0.2) is 0 Å². The highest BCUT2D eigenvalue weighted by molar-refractivity contribution is 6.30. The van der Waals surface area contributed by atoms with Crippen molar-refractivity contribution in [1.82, 2.24) is 9.80 Å². The molecular weight excluding hydrogens is 324 g/mol. The summed E-state index contributed by atoms with van der Waals surface area (Å²) in [5, 5.41) is 0.700. The molecule has 4 nitrogen and oxygen atoms in total. The molecule has 1 aliphatic heterocycles. The molecule has 1 saturated carbocycles. The Hall–Kier alpha value is -1.55. The zero-order valence-corrected chi connectivity index (χ0v) is 15.0. The van der Waals surface area contributed by atoms with Gasteiger partial charge in [-0.15, -0.1) is 0 Å². The van der Waals surface area contributed by atoms with E-state index in [1.807, 2.05) is 34.1 Å². The maximum atomic E-state index is 13.2. The summed E-state index contributed by atoms with van der Waals surface area (Å²) >= 11 is 6.02. The van der Waals surface area contributed by atoms with Gasteiger partial charge in [0.25, 0.3) is 0 Å². The molecule has 2 aliphatic rings. The van der Waals surface area contributed by atoms with Crippen molar-refractivity contribution in [2.45, 2.75) is 38.5 Å². The van der Waals surface area contributed by atoms with Crippen LogP contribution in [0.2, 0.25) is 5.02 Å². The Morgan fingerprint density at radius 1 is 1.00 bits per heavy atom. The van der Waals surface area contributed by atoms with Crippen LogP contribution in [0.4, 0.5) is 0 Å². The molecule has 2 fully saturated rings. The molecular formula is C19H25ClN2O2. The van der Waals surface area contributed by atoms with E-state index in [1.54, 1.807) is 6.92 Å². The first-order valence-corrected chi connectivity index (χ1v) is 9.24.